The van der Waals surface area contributed by atoms with E-state index in [4.69, 9.17) is 11.6 Å². The fourth-order valence-corrected chi connectivity index (χ4v) is 6.33. The number of anilines is 1. The normalized spacial score (nSPS) is 19.1. The Morgan fingerprint density at radius 1 is 1.06 bits per heavy atom. The van der Waals surface area contributed by atoms with E-state index in [-0.39, 0.29) is 29.7 Å². The van der Waals surface area contributed by atoms with Gasteiger partial charge in [0.05, 0.1) is 4.90 Å². The Hall–Kier alpha value is -2.42. The quantitative estimate of drug-likeness (QED) is 0.696. The molecule has 1 N–H and O–H groups in total. The maximum atomic E-state index is 13.2. The predicted octanol–water partition coefficient (Wildman–Crippen LogP) is 3.50. The average Bonchev–Trinajstić information content (AvgIpc) is 2.96. The van der Waals surface area contributed by atoms with Gasteiger partial charge in [-0.3, -0.25) is 14.5 Å². The molecular weight excluding hydrogens is 462 g/mol. The Balaban J connectivity index is 1.55. The van der Waals surface area contributed by atoms with Crippen LogP contribution < -0.4 is 10.2 Å². The highest BCUT2D eigenvalue weighted by Gasteiger charge is 2.38. The van der Waals surface area contributed by atoms with Crippen LogP contribution in [-0.2, 0) is 32.6 Å². The molecule has 0 radical (unpaired) electrons. The van der Waals surface area contributed by atoms with E-state index in [9.17, 15) is 18.0 Å². The summed E-state index contributed by atoms with van der Waals surface area (Å²) in [5.74, 6) is -0.576. The summed E-state index contributed by atoms with van der Waals surface area (Å²) in [5.41, 5.74) is 2.04. The third kappa shape index (κ3) is 4.93. The summed E-state index contributed by atoms with van der Waals surface area (Å²) in [5, 5.41) is 3.42. The van der Waals surface area contributed by atoms with E-state index in [0.29, 0.717) is 29.4 Å². The molecule has 1 saturated heterocycles. The first-order valence-electron chi connectivity index (χ1n) is 11.2. The Morgan fingerprint density at radius 2 is 1.76 bits per heavy atom. The van der Waals surface area contributed by atoms with E-state index in [0.717, 1.165) is 31.2 Å². The number of carbonyl (C=O) groups excluding carboxylic acids is 2. The van der Waals surface area contributed by atoms with Gasteiger partial charge in [0.25, 0.3) is 0 Å². The molecule has 176 valence electrons. The minimum atomic E-state index is -3.62. The minimum Gasteiger partial charge on any atom is -0.350 e. The van der Waals surface area contributed by atoms with E-state index in [2.05, 4.69) is 5.32 Å². The van der Waals surface area contributed by atoms with Crippen molar-refractivity contribution in [2.75, 3.05) is 18.0 Å². The van der Waals surface area contributed by atoms with Gasteiger partial charge >= 0.3 is 0 Å². The van der Waals surface area contributed by atoms with Crippen molar-refractivity contribution >= 4 is 39.1 Å². The molecular formula is C24H28ClN3O4S. The lowest BCUT2D eigenvalue weighted by Crippen LogP contribution is -2.47. The smallest absolute Gasteiger partial charge is 0.243 e. The summed E-state index contributed by atoms with van der Waals surface area (Å²) in [6, 6.07) is 11.3. The molecule has 7 nitrogen and oxygen atoms in total. The Bertz CT molecular complexity index is 1160. The average molecular weight is 490 g/mol. The van der Waals surface area contributed by atoms with E-state index in [1.807, 2.05) is 18.2 Å². The van der Waals surface area contributed by atoms with Crippen LogP contribution in [0.2, 0.25) is 5.02 Å². The van der Waals surface area contributed by atoms with Crippen LogP contribution in [0.3, 0.4) is 0 Å². The molecule has 2 aromatic rings. The van der Waals surface area contributed by atoms with E-state index < -0.39 is 16.1 Å². The van der Waals surface area contributed by atoms with Gasteiger partial charge in [-0.25, -0.2) is 8.42 Å². The zero-order chi connectivity index (χ0) is 23.6. The molecule has 0 saturated carbocycles. The van der Waals surface area contributed by atoms with Gasteiger partial charge in [0.15, 0.2) is 0 Å². The number of fused-ring (bicyclic) bond motifs is 1. The van der Waals surface area contributed by atoms with Crippen LogP contribution in [0.25, 0.3) is 0 Å². The molecule has 33 heavy (non-hydrogen) atoms. The fourth-order valence-electron chi connectivity index (χ4n) is 4.56. The van der Waals surface area contributed by atoms with Gasteiger partial charge in [-0.05, 0) is 48.2 Å². The lowest BCUT2D eigenvalue weighted by molar-refractivity contribution is -0.125. The number of benzene rings is 2. The number of hydrogen-bond acceptors (Lipinski definition) is 4. The van der Waals surface area contributed by atoms with Crippen molar-refractivity contribution < 1.29 is 18.0 Å². The molecule has 9 heteroatoms. The Kier molecular flexibility index (Phi) is 7.07. The summed E-state index contributed by atoms with van der Waals surface area (Å²) >= 11 is 6.18. The lowest BCUT2D eigenvalue weighted by atomic mass is 10.1. The number of sulfonamides is 1. The molecule has 0 spiro atoms. The van der Waals surface area contributed by atoms with Gasteiger partial charge in [0.2, 0.25) is 21.8 Å². The van der Waals surface area contributed by atoms with Crippen LogP contribution >= 0.6 is 11.6 Å². The third-order valence-corrected chi connectivity index (χ3v) is 8.55. The highest BCUT2D eigenvalue weighted by molar-refractivity contribution is 7.89. The molecule has 2 aliphatic rings. The van der Waals surface area contributed by atoms with Crippen LogP contribution in [0.4, 0.5) is 5.69 Å². The third-order valence-electron chi connectivity index (χ3n) is 6.29. The second kappa shape index (κ2) is 9.83. The number of nitrogens with zero attached hydrogens (tertiary/aromatic N) is 2. The highest BCUT2D eigenvalue weighted by Crippen LogP contribution is 2.35. The van der Waals surface area contributed by atoms with Gasteiger partial charge in [-0.15, -0.1) is 0 Å². The molecule has 1 atom stereocenters. The van der Waals surface area contributed by atoms with Crippen molar-refractivity contribution in [1.29, 1.82) is 0 Å². The highest BCUT2D eigenvalue weighted by atomic mass is 35.5. The maximum absolute atomic E-state index is 13.2. The number of amides is 2. The SMILES string of the molecule is CC(=O)N1c2ccc(S(=O)(=O)N3CCCCCC3)cc2CC1C(=O)NCc1ccccc1Cl. The van der Waals surface area contributed by atoms with E-state index in [1.54, 1.807) is 28.6 Å². The maximum Gasteiger partial charge on any atom is 0.243 e. The van der Waals surface area contributed by atoms with Crippen molar-refractivity contribution in [1.82, 2.24) is 9.62 Å². The zero-order valence-electron chi connectivity index (χ0n) is 18.6. The van der Waals surface area contributed by atoms with Gasteiger partial charge in [0, 0.05) is 43.7 Å². The molecule has 2 aliphatic heterocycles. The Labute approximate surface area is 199 Å². The van der Waals surface area contributed by atoms with Crippen LogP contribution in [0.15, 0.2) is 47.4 Å². The van der Waals surface area contributed by atoms with Crippen molar-refractivity contribution in [2.24, 2.45) is 0 Å². The molecule has 4 rings (SSSR count). The lowest BCUT2D eigenvalue weighted by Gasteiger charge is -2.24. The second-order valence-corrected chi connectivity index (χ2v) is 10.9. The number of rotatable bonds is 5. The molecule has 1 unspecified atom stereocenters. The molecule has 0 aliphatic carbocycles. The zero-order valence-corrected chi connectivity index (χ0v) is 20.2. The first-order valence-corrected chi connectivity index (χ1v) is 13.0. The molecule has 2 amide bonds. The molecule has 2 heterocycles. The van der Waals surface area contributed by atoms with Gasteiger partial charge in [-0.1, -0.05) is 42.6 Å². The van der Waals surface area contributed by atoms with Crippen molar-refractivity contribution in [2.45, 2.75) is 56.5 Å². The first kappa shape index (κ1) is 23.7. The van der Waals surface area contributed by atoms with Crippen molar-refractivity contribution in [3.63, 3.8) is 0 Å². The second-order valence-electron chi connectivity index (χ2n) is 8.53. The monoisotopic (exact) mass is 489 g/mol. The largest absolute Gasteiger partial charge is 0.350 e. The van der Waals surface area contributed by atoms with Gasteiger partial charge < -0.3 is 5.32 Å². The summed E-state index contributed by atoms with van der Waals surface area (Å²) < 4.78 is 28.0. The van der Waals surface area contributed by atoms with Crippen LogP contribution in [0.1, 0.15) is 43.7 Å². The minimum absolute atomic E-state index is 0.212. The van der Waals surface area contributed by atoms with E-state index >= 15 is 0 Å². The molecule has 0 aromatic heterocycles. The number of carbonyl (C=O) groups is 2. The van der Waals surface area contributed by atoms with Gasteiger partial charge in [0.1, 0.15) is 6.04 Å². The fraction of sp³-hybridized carbons (Fsp3) is 0.417. The molecule has 2 aromatic carbocycles. The predicted molar refractivity (Wildman–Crippen MR) is 128 cm³/mol. The molecule has 0 bridgehead atoms. The number of nitrogens with one attached hydrogen (secondary N) is 1. The van der Waals surface area contributed by atoms with Crippen LogP contribution in [-0.4, -0.2) is 43.7 Å². The summed E-state index contributed by atoms with van der Waals surface area (Å²) in [6.45, 7) is 2.69. The topological polar surface area (TPSA) is 86.8 Å². The van der Waals surface area contributed by atoms with Gasteiger partial charge in [-0.2, -0.15) is 4.31 Å². The molecule has 1 fully saturated rings. The summed E-state index contributed by atoms with van der Waals surface area (Å²) in [7, 11) is -3.62. The van der Waals surface area contributed by atoms with Crippen molar-refractivity contribution in [3.8, 4) is 0 Å². The Morgan fingerprint density at radius 3 is 2.42 bits per heavy atom. The number of halogens is 1. The van der Waals surface area contributed by atoms with E-state index in [1.165, 1.54) is 11.8 Å². The standard InChI is InChI=1S/C24H28ClN3O4S/c1-17(29)28-22-11-10-20(33(31,32)27-12-6-2-3-7-13-27)14-19(22)15-23(28)24(30)26-16-18-8-4-5-9-21(18)25/h4-5,8-11,14,23H,2-3,6-7,12-13,15-16H2,1H3,(H,26,30). The van der Waals surface area contributed by atoms with Crippen LogP contribution in [0, 0.1) is 0 Å². The summed E-state index contributed by atoms with van der Waals surface area (Å²) in [4.78, 5) is 27.1. The van der Waals surface area contributed by atoms with Crippen molar-refractivity contribution in [3.05, 3.63) is 58.6 Å². The summed E-state index contributed by atoms with van der Waals surface area (Å²) in [6.07, 6.45) is 4.04. The number of hydrogen-bond donors (Lipinski definition) is 1. The first-order chi connectivity index (χ1) is 15.8. The van der Waals surface area contributed by atoms with Crippen LogP contribution in [0.5, 0.6) is 0 Å².